The minimum Gasteiger partial charge on any atom is -0.383 e. The van der Waals surface area contributed by atoms with Gasteiger partial charge < -0.3 is 19.5 Å². The number of anilines is 1. The summed E-state index contributed by atoms with van der Waals surface area (Å²) in [5.41, 5.74) is 1.84. The van der Waals surface area contributed by atoms with Gasteiger partial charge in [0.15, 0.2) is 0 Å². The molecule has 1 N–H and O–H groups in total. The Hall–Kier alpha value is -2.48. The Morgan fingerprint density at radius 3 is 2.91 bits per heavy atom. The molecule has 0 aliphatic carbocycles. The highest BCUT2D eigenvalue weighted by Crippen LogP contribution is 2.29. The normalized spacial score (nSPS) is 17.0. The predicted octanol–water partition coefficient (Wildman–Crippen LogP) is 0.0765. The van der Waals surface area contributed by atoms with Gasteiger partial charge in [-0.2, -0.15) is 0 Å². The molecule has 2 aromatic rings. The second kappa shape index (κ2) is 6.74. The molecule has 0 spiro atoms. The Bertz CT molecular complexity index is 672. The van der Waals surface area contributed by atoms with Crippen LogP contribution in [0, 0.1) is 0 Å². The number of amides is 1. The third-order valence-electron chi connectivity index (χ3n) is 3.89. The molecule has 2 aromatic heterocycles. The minimum atomic E-state index is -0.313. The third-order valence-corrected chi connectivity index (χ3v) is 3.89. The van der Waals surface area contributed by atoms with Gasteiger partial charge in [-0.1, -0.05) is 0 Å². The van der Waals surface area contributed by atoms with Crippen LogP contribution in [0.2, 0.25) is 0 Å². The van der Waals surface area contributed by atoms with Crippen molar-refractivity contribution >= 4 is 11.9 Å². The van der Waals surface area contributed by atoms with Crippen LogP contribution >= 0.6 is 0 Å². The van der Waals surface area contributed by atoms with Crippen LogP contribution in [0.4, 0.5) is 5.95 Å². The lowest BCUT2D eigenvalue weighted by Crippen LogP contribution is -2.43. The lowest BCUT2D eigenvalue weighted by Gasteiger charge is -2.32. The number of rotatable bonds is 5. The van der Waals surface area contributed by atoms with Gasteiger partial charge in [-0.25, -0.2) is 15.0 Å². The Labute approximate surface area is 134 Å². The highest BCUT2D eigenvalue weighted by atomic mass is 16.5. The molecule has 1 unspecified atom stereocenters. The van der Waals surface area contributed by atoms with E-state index in [0.717, 1.165) is 11.4 Å². The first-order chi connectivity index (χ1) is 11.2. The molecule has 0 saturated heterocycles. The first kappa shape index (κ1) is 15.4. The molecule has 1 aliphatic heterocycles. The second-order valence-electron chi connectivity index (χ2n) is 5.45. The predicted molar refractivity (Wildman–Crippen MR) is 83.9 cm³/mol. The number of ether oxygens (including phenoxy) is 1. The summed E-state index contributed by atoms with van der Waals surface area (Å²) < 4.78 is 6.90. The Kier molecular flexibility index (Phi) is 4.52. The van der Waals surface area contributed by atoms with Crippen molar-refractivity contribution in [1.82, 2.24) is 24.8 Å². The molecule has 8 nitrogen and oxygen atoms in total. The number of fused-ring (bicyclic) bond motifs is 1. The zero-order valence-electron chi connectivity index (χ0n) is 13.3. The van der Waals surface area contributed by atoms with Crippen LogP contribution < -0.4 is 10.2 Å². The molecule has 1 amide bonds. The summed E-state index contributed by atoms with van der Waals surface area (Å²) in [7, 11) is 3.52. The first-order valence-electron chi connectivity index (χ1n) is 7.49. The fourth-order valence-electron chi connectivity index (χ4n) is 2.82. The van der Waals surface area contributed by atoms with Gasteiger partial charge in [0.1, 0.15) is 0 Å². The van der Waals surface area contributed by atoms with Crippen LogP contribution in [-0.2, 0) is 23.1 Å². The average Bonchev–Trinajstić information content (AvgIpc) is 2.96. The van der Waals surface area contributed by atoms with Crippen molar-refractivity contribution in [1.29, 1.82) is 0 Å². The molecule has 0 saturated carbocycles. The van der Waals surface area contributed by atoms with Gasteiger partial charge in [-0.15, -0.1) is 0 Å². The number of methoxy groups -OCH3 is 1. The molecular weight excluding hydrogens is 296 g/mol. The molecule has 3 heterocycles. The van der Waals surface area contributed by atoms with Gasteiger partial charge in [0.2, 0.25) is 11.9 Å². The first-order valence-corrected chi connectivity index (χ1v) is 7.49. The molecule has 3 rings (SSSR count). The van der Waals surface area contributed by atoms with Crippen LogP contribution in [0.3, 0.4) is 0 Å². The zero-order valence-corrected chi connectivity index (χ0v) is 13.3. The maximum Gasteiger partial charge on any atom is 0.231 e. The summed E-state index contributed by atoms with van der Waals surface area (Å²) >= 11 is 0. The van der Waals surface area contributed by atoms with Crippen LogP contribution in [0.25, 0.3) is 0 Å². The Balaban J connectivity index is 1.84. The molecule has 0 bridgehead atoms. The van der Waals surface area contributed by atoms with Crippen molar-refractivity contribution in [2.24, 2.45) is 7.05 Å². The summed E-state index contributed by atoms with van der Waals surface area (Å²) in [5, 5.41) is 2.91. The fraction of sp³-hybridized carbons (Fsp3) is 0.467. The van der Waals surface area contributed by atoms with E-state index in [0.29, 0.717) is 32.2 Å². The second-order valence-corrected chi connectivity index (χ2v) is 5.45. The smallest absolute Gasteiger partial charge is 0.231 e. The van der Waals surface area contributed by atoms with E-state index in [9.17, 15) is 4.79 Å². The topological polar surface area (TPSA) is 85.2 Å². The van der Waals surface area contributed by atoms with Crippen LogP contribution in [0.5, 0.6) is 0 Å². The van der Waals surface area contributed by atoms with Crippen LogP contribution in [0.1, 0.15) is 17.3 Å². The van der Waals surface area contributed by atoms with Crippen LogP contribution in [0.15, 0.2) is 24.8 Å². The van der Waals surface area contributed by atoms with Gasteiger partial charge in [0.05, 0.1) is 36.8 Å². The van der Waals surface area contributed by atoms with Crippen molar-refractivity contribution in [3.05, 3.63) is 36.2 Å². The van der Waals surface area contributed by atoms with Crippen LogP contribution in [-0.4, -0.2) is 52.2 Å². The number of aromatic nitrogens is 4. The van der Waals surface area contributed by atoms with E-state index in [-0.39, 0.29) is 11.8 Å². The number of nitrogens with zero attached hydrogens (tertiary/aromatic N) is 5. The molecule has 122 valence electrons. The molecule has 0 fully saturated rings. The van der Waals surface area contributed by atoms with Gasteiger partial charge in [-0.05, 0) is 6.07 Å². The number of hydrogen-bond acceptors (Lipinski definition) is 6. The van der Waals surface area contributed by atoms with Gasteiger partial charge in [0.25, 0.3) is 0 Å². The summed E-state index contributed by atoms with van der Waals surface area (Å²) in [4.78, 5) is 27.6. The zero-order chi connectivity index (χ0) is 16.2. The van der Waals surface area contributed by atoms with E-state index >= 15 is 0 Å². The lowest BCUT2D eigenvalue weighted by atomic mass is 9.97. The minimum absolute atomic E-state index is 0.0347. The molecule has 1 atom stereocenters. The maximum atomic E-state index is 12.6. The van der Waals surface area contributed by atoms with Gasteiger partial charge >= 0.3 is 0 Å². The Morgan fingerprint density at radius 2 is 2.17 bits per heavy atom. The van der Waals surface area contributed by atoms with E-state index < -0.39 is 0 Å². The fourth-order valence-corrected chi connectivity index (χ4v) is 2.82. The van der Waals surface area contributed by atoms with Crippen molar-refractivity contribution in [2.75, 3.05) is 31.7 Å². The van der Waals surface area contributed by atoms with Gasteiger partial charge in [-0.3, -0.25) is 4.79 Å². The highest BCUT2D eigenvalue weighted by molar-refractivity contribution is 5.84. The summed E-state index contributed by atoms with van der Waals surface area (Å²) in [6.07, 6.45) is 5.14. The quantitative estimate of drug-likeness (QED) is 0.786. The highest BCUT2D eigenvalue weighted by Gasteiger charge is 2.34. The standard InChI is InChI=1S/C15H20N6O2/c1-20-10-19-12-9-21(15-17-4-3-5-18-15)8-11(13(12)20)14(22)16-6-7-23-2/h3-5,10-11H,6-9H2,1-2H3,(H,16,22). The maximum absolute atomic E-state index is 12.6. The molecule has 1 aliphatic rings. The number of carbonyl (C=O) groups is 1. The van der Waals surface area contributed by atoms with Crippen molar-refractivity contribution in [2.45, 2.75) is 12.5 Å². The van der Waals surface area contributed by atoms with E-state index in [1.54, 1.807) is 31.9 Å². The Morgan fingerprint density at radius 1 is 1.39 bits per heavy atom. The number of aryl methyl sites for hydroxylation is 1. The number of nitrogens with one attached hydrogen (secondary N) is 1. The van der Waals surface area contributed by atoms with E-state index in [4.69, 9.17) is 4.74 Å². The van der Waals surface area contributed by atoms with Gasteiger partial charge in [0, 0.05) is 39.6 Å². The number of imidazole rings is 1. The summed E-state index contributed by atoms with van der Waals surface area (Å²) in [6, 6.07) is 1.77. The summed E-state index contributed by atoms with van der Waals surface area (Å²) in [5.74, 6) is 0.262. The van der Waals surface area contributed by atoms with Crippen molar-refractivity contribution in [3.63, 3.8) is 0 Å². The number of carbonyl (C=O) groups excluding carboxylic acids is 1. The monoisotopic (exact) mass is 316 g/mol. The van der Waals surface area contributed by atoms with Crippen molar-refractivity contribution < 1.29 is 9.53 Å². The van der Waals surface area contributed by atoms with E-state index in [1.807, 2.05) is 16.5 Å². The SMILES string of the molecule is COCCNC(=O)C1CN(c2ncccn2)Cc2ncn(C)c21. The van der Waals surface area contributed by atoms with Crippen molar-refractivity contribution in [3.8, 4) is 0 Å². The van der Waals surface area contributed by atoms with E-state index in [1.165, 1.54) is 0 Å². The summed E-state index contributed by atoms with van der Waals surface area (Å²) in [6.45, 7) is 2.10. The molecule has 23 heavy (non-hydrogen) atoms. The lowest BCUT2D eigenvalue weighted by molar-refractivity contribution is -0.122. The molecular formula is C15H20N6O2. The third kappa shape index (κ3) is 3.16. The van der Waals surface area contributed by atoms with E-state index in [2.05, 4.69) is 20.3 Å². The largest absolute Gasteiger partial charge is 0.383 e. The average molecular weight is 316 g/mol. The molecule has 0 aromatic carbocycles. The molecule has 8 heteroatoms. The molecule has 0 radical (unpaired) electrons. The number of hydrogen-bond donors (Lipinski definition) is 1.